The van der Waals surface area contributed by atoms with E-state index in [1.165, 1.54) is 0 Å². The second-order valence-electron chi connectivity index (χ2n) is 12.0. The first-order valence-electron chi connectivity index (χ1n) is 16.4. The molecule has 3 heterocycles. The predicted molar refractivity (Wildman–Crippen MR) is 190 cm³/mol. The van der Waals surface area contributed by atoms with Gasteiger partial charge in [0.25, 0.3) is 5.91 Å². The number of amides is 1. The number of pyridine rings is 1. The summed E-state index contributed by atoms with van der Waals surface area (Å²) < 4.78 is 15.1. The summed E-state index contributed by atoms with van der Waals surface area (Å²) in [6.07, 6.45) is 2.15. The molecule has 2 aromatic heterocycles. The molecule has 1 aliphatic heterocycles. The summed E-state index contributed by atoms with van der Waals surface area (Å²) in [5, 5.41) is 25.7. The van der Waals surface area contributed by atoms with Crippen LogP contribution in [0.1, 0.15) is 51.9 Å². The number of carbonyl (C=O) groups is 1. The molecule has 0 saturated carbocycles. The Morgan fingerprint density at radius 3 is 2.40 bits per heavy atom. The zero-order chi connectivity index (χ0) is 34.3. The number of thioether (sulfide) groups is 1. The standard InChI is InChI=1S/C39H36N6O4S/c1-26-35(25-50-39-42-43-44-45(39)33-10-3-2-4-11-33)48-38(49-36(26)29-15-13-27(24-46)14-16-29)30-19-17-28(18-20-30)34-12-6-5-8-31(34)23-41-37(47)32-9-7-21-40-22-32/h2-22,26,35-36,38,46H,23-25H2,1H3,(H,41,47)/t26-,35+,36+,38+/m1/s1. The second-order valence-corrected chi connectivity index (χ2v) is 13.0. The molecule has 50 heavy (non-hydrogen) atoms. The van der Waals surface area contributed by atoms with Gasteiger partial charge >= 0.3 is 0 Å². The van der Waals surface area contributed by atoms with Gasteiger partial charge in [-0.15, -0.1) is 5.10 Å². The Bertz CT molecular complexity index is 2010. The van der Waals surface area contributed by atoms with Crippen LogP contribution >= 0.6 is 11.8 Å². The first kappa shape index (κ1) is 33.3. The van der Waals surface area contributed by atoms with Crippen molar-refractivity contribution in [1.29, 1.82) is 0 Å². The molecule has 2 N–H and O–H groups in total. The summed E-state index contributed by atoms with van der Waals surface area (Å²) in [7, 11) is 0. The molecule has 4 atom stereocenters. The molecule has 1 saturated heterocycles. The number of aliphatic hydroxyl groups is 1. The number of hydrogen-bond acceptors (Lipinski definition) is 9. The zero-order valence-electron chi connectivity index (χ0n) is 27.4. The Balaban J connectivity index is 1.11. The van der Waals surface area contributed by atoms with E-state index in [9.17, 15) is 9.90 Å². The average Bonchev–Trinajstić information content (AvgIpc) is 3.66. The van der Waals surface area contributed by atoms with Crippen LogP contribution in [0, 0.1) is 5.92 Å². The van der Waals surface area contributed by atoms with Gasteiger partial charge in [-0.3, -0.25) is 9.78 Å². The highest BCUT2D eigenvalue weighted by atomic mass is 32.2. The minimum Gasteiger partial charge on any atom is -0.392 e. The molecular formula is C39H36N6O4S. The van der Waals surface area contributed by atoms with Gasteiger partial charge in [-0.05, 0) is 62.5 Å². The zero-order valence-corrected chi connectivity index (χ0v) is 28.2. The lowest BCUT2D eigenvalue weighted by molar-refractivity contribution is -0.268. The van der Waals surface area contributed by atoms with Gasteiger partial charge in [0.15, 0.2) is 6.29 Å². The fraction of sp³-hybridized carbons (Fsp3) is 0.205. The minimum atomic E-state index is -0.618. The molecule has 252 valence electrons. The molecule has 10 nitrogen and oxygen atoms in total. The third-order valence-electron chi connectivity index (χ3n) is 8.82. The van der Waals surface area contributed by atoms with Crippen molar-refractivity contribution in [3.8, 4) is 16.8 Å². The molecule has 1 fully saturated rings. The van der Waals surface area contributed by atoms with E-state index in [2.05, 4.69) is 50.9 Å². The third kappa shape index (κ3) is 7.51. The van der Waals surface area contributed by atoms with Crippen LogP contribution in [0.5, 0.6) is 0 Å². The molecule has 0 unspecified atom stereocenters. The van der Waals surface area contributed by atoms with Crippen LogP contribution in [-0.4, -0.2) is 48.1 Å². The molecule has 1 aliphatic rings. The van der Waals surface area contributed by atoms with E-state index >= 15 is 0 Å². The topological polar surface area (TPSA) is 124 Å². The van der Waals surface area contributed by atoms with Crippen molar-refractivity contribution in [1.82, 2.24) is 30.5 Å². The summed E-state index contributed by atoms with van der Waals surface area (Å²) in [4.78, 5) is 16.7. The van der Waals surface area contributed by atoms with E-state index < -0.39 is 6.29 Å². The monoisotopic (exact) mass is 684 g/mol. The molecular weight excluding hydrogens is 649 g/mol. The molecule has 0 bridgehead atoms. The third-order valence-corrected chi connectivity index (χ3v) is 9.82. The summed E-state index contributed by atoms with van der Waals surface area (Å²) in [6, 6.07) is 37.4. The second kappa shape index (κ2) is 15.6. The number of ether oxygens (including phenoxy) is 2. The van der Waals surface area contributed by atoms with Gasteiger partial charge in [0.1, 0.15) is 0 Å². The highest BCUT2D eigenvalue weighted by Gasteiger charge is 2.38. The first-order chi connectivity index (χ1) is 24.6. The Morgan fingerprint density at radius 2 is 1.64 bits per heavy atom. The smallest absolute Gasteiger partial charge is 0.253 e. The summed E-state index contributed by atoms with van der Waals surface area (Å²) in [5.41, 5.74) is 7.20. The summed E-state index contributed by atoms with van der Waals surface area (Å²) in [6.45, 7) is 2.50. The minimum absolute atomic E-state index is 0.00723. The molecule has 6 aromatic rings. The summed E-state index contributed by atoms with van der Waals surface area (Å²) in [5.74, 6) is 0.442. The van der Waals surface area contributed by atoms with Gasteiger partial charge in [-0.25, -0.2) is 0 Å². The van der Waals surface area contributed by atoms with Gasteiger partial charge in [-0.1, -0.05) is 110 Å². The summed E-state index contributed by atoms with van der Waals surface area (Å²) >= 11 is 1.55. The van der Waals surface area contributed by atoms with Crippen LogP contribution in [-0.2, 0) is 22.6 Å². The van der Waals surface area contributed by atoms with Crippen LogP contribution in [0.3, 0.4) is 0 Å². The SMILES string of the molecule is C[C@@H]1[C@H](CSc2nnnn2-c2ccccc2)O[C@H](c2ccc(-c3ccccc3CNC(=O)c3cccnc3)cc2)O[C@@H]1c1ccc(CO)cc1. The maximum atomic E-state index is 12.7. The van der Waals surface area contributed by atoms with Crippen molar-refractivity contribution in [2.24, 2.45) is 5.92 Å². The number of nitrogens with zero attached hydrogens (tertiary/aromatic N) is 5. The van der Waals surface area contributed by atoms with Crippen LogP contribution in [0.4, 0.5) is 0 Å². The lowest BCUT2D eigenvalue weighted by Gasteiger charge is -2.41. The number of hydrogen-bond donors (Lipinski definition) is 2. The van der Waals surface area contributed by atoms with Crippen LogP contribution in [0.25, 0.3) is 16.8 Å². The van der Waals surface area contributed by atoms with Gasteiger partial charge < -0.3 is 19.9 Å². The number of carbonyl (C=O) groups excluding carboxylic acids is 1. The number of para-hydroxylation sites is 1. The van der Waals surface area contributed by atoms with Gasteiger partial charge in [0, 0.05) is 36.2 Å². The molecule has 4 aromatic carbocycles. The molecule has 0 spiro atoms. The van der Waals surface area contributed by atoms with Gasteiger partial charge in [0.05, 0.1) is 30.1 Å². The Morgan fingerprint density at radius 1 is 0.880 bits per heavy atom. The highest BCUT2D eigenvalue weighted by molar-refractivity contribution is 7.99. The molecule has 0 radical (unpaired) electrons. The number of nitrogens with one attached hydrogen (secondary N) is 1. The van der Waals surface area contributed by atoms with E-state index in [1.807, 2.05) is 84.9 Å². The Labute approximate surface area is 294 Å². The Hall–Kier alpha value is -5.20. The number of rotatable bonds is 11. The molecule has 7 rings (SSSR count). The van der Waals surface area contributed by atoms with E-state index in [-0.39, 0.29) is 30.6 Å². The number of tetrazole rings is 1. The largest absolute Gasteiger partial charge is 0.392 e. The van der Waals surface area contributed by atoms with Gasteiger partial charge in [-0.2, -0.15) is 4.68 Å². The number of benzene rings is 4. The fourth-order valence-electron chi connectivity index (χ4n) is 6.02. The number of aliphatic hydroxyl groups excluding tert-OH is 1. The number of aromatic nitrogens is 5. The van der Waals surface area contributed by atoms with E-state index in [4.69, 9.17) is 9.47 Å². The highest BCUT2D eigenvalue weighted by Crippen LogP contribution is 2.43. The molecule has 11 heteroatoms. The fourth-order valence-corrected chi connectivity index (χ4v) is 7.07. The molecule has 0 aliphatic carbocycles. The van der Waals surface area contributed by atoms with Crippen molar-refractivity contribution >= 4 is 17.7 Å². The van der Waals surface area contributed by atoms with Crippen molar-refractivity contribution in [2.75, 3.05) is 5.75 Å². The van der Waals surface area contributed by atoms with Crippen molar-refractivity contribution in [3.05, 3.63) is 155 Å². The van der Waals surface area contributed by atoms with Crippen LogP contribution in [0.2, 0.25) is 0 Å². The maximum absolute atomic E-state index is 12.7. The van der Waals surface area contributed by atoms with Crippen LogP contribution < -0.4 is 5.32 Å². The van der Waals surface area contributed by atoms with E-state index in [0.29, 0.717) is 23.0 Å². The lowest BCUT2D eigenvalue weighted by Crippen LogP contribution is -2.38. The quantitative estimate of drug-likeness (QED) is 0.143. The maximum Gasteiger partial charge on any atom is 0.253 e. The average molecular weight is 685 g/mol. The normalized spacial score (nSPS) is 18.8. The Kier molecular flexibility index (Phi) is 10.4. The predicted octanol–water partition coefficient (Wildman–Crippen LogP) is 6.73. The van der Waals surface area contributed by atoms with Crippen molar-refractivity contribution in [3.63, 3.8) is 0 Å². The van der Waals surface area contributed by atoms with Crippen molar-refractivity contribution < 1.29 is 19.4 Å². The lowest BCUT2D eigenvalue weighted by atomic mass is 9.91. The van der Waals surface area contributed by atoms with Crippen LogP contribution in [0.15, 0.2) is 133 Å². The molecule has 1 amide bonds. The van der Waals surface area contributed by atoms with Crippen molar-refractivity contribution in [2.45, 2.75) is 43.7 Å². The van der Waals surface area contributed by atoms with E-state index in [0.717, 1.165) is 39.1 Å². The van der Waals surface area contributed by atoms with E-state index in [1.54, 1.807) is 41.0 Å². The van der Waals surface area contributed by atoms with Gasteiger partial charge in [0.2, 0.25) is 5.16 Å². The first-order valence-corrected chi connectivity index (χ1v) is 17.4.